The van der Waals surface area contributed by atoms with Gasteiger partial charge < -0.3 is 18.9 Å². The van der Waals surface area contributed by atoms with Gasteiger partial charge in [0.1, 0.15) is 5.60 Å². The molecule has 4 aliphatic rings. The Bertz CT molecular complexity index is 345. The lowest BCUT2D eigenvalue weighted by Gasteiger charge is -2.48. The molecule has 3 atom stereocenters. The van der Waals surface area contributed by atoms with Gasteiger partial charge in [0, 0.05) is 12.8 Å². The van der Waals surface area contributed by atoms with Crippen molar-refractivity contribution in [1.82, 2.24) is 0 Å². The van der Waals surface area contributed by atoms with Gasteiger partial charge in [-0.1, -0.05) is 0 Å². The van der Waals surface area contributed by atoms with Crippen LogP contribution < -0.4 is 0 Å². The Morgan fingerprint density at radius 2 is 1.62 bits per heavy atom. The average Bonchev–Trinajstić information content (AvgIpc) is 2.78. The Morgan fingerprint density at radius 3 is 2.25 bits per heavy atom. The highest BCUT2D eigenvalue weighted by atomic mass is 16.8. The van der Waals surface area contributed by atoms with Crippen molar-refractivity contribution in [3.05, 3.63) is 0 Å². The van der Waals surface area contributed by atoms with Crippen LogP contribution in [-0.2, 0) is 18.9 Å². The van der Waals surface area contributed by atoms with Gasteiger partial charge in [-0.05, 0) is 20.3 Å². The molecule has 0 unspecified atom stereocenters. The van der Waals surface area contributed by atoms with E-state index in [4.69, 9.17) is 18.9 Å². The fourth-order valence-corrected chi connectivity index (χ4v) is 3.97. The average molecular weight is 226 g/mol. The molecule has 4 nitrogen and oxygen atoms in total. The number of hydrogen-bond acceptors (Lipinski definition) is 4. The molecule has 4 heterocycles. The fraction of sp³-hybridized carbons (Fsp3) is 1.00. The van der Waals surface area contributed by atoms with Crippen molar-refractivity contribution in [2.45, 2.75) is 55.7 Å². The Hall–Kier alpha value is -0.160. The summed E-state index contributed by atoms with van der Waals surface area (Å²) in [5.41, 5.74) is -0.627. The van der Waals surface area contributed by atoms with E-state index in [0.717, 1.165) is 25.9 Å². The van der Waals surface area contributed by atoms with Crippen molar-refractivity contribution in [2.24, 2.45) is 0 Å². The predicted molar refractivity (Wildman–Crippen MR) is 55.1 cm³/mol. The van der Waals surface area contributed by atoms with Crippen LogP contribution in [0, 0.1) is 0 Å². The molecular weight excluding hydrogens is 208 g/mol. The van der Waals surface area contributed by atoms with Crippen LogP contribution >= 0.6 is 0 Å². The number of ether oxygens (including phenoxy) is 4. The highest BCUT2D eigenvalue weighted by Crippen LogP contribution is 2.65. The molecule has 0 radical (unpaired) electrons. The van der Waals surface area contributed by atoms with Crippen molar-refractivity contribution >= 4 is 0 Å². The smallest absolute Gasteiger partial charge is 0.200 e. The normalized spacial score (nSPS) is 57.4. The molecule has 2 spiro atoms. The first-order valence-electron chi connectivity index (χ1n) is 6.15. The van der Waals surface area contributed by atoms with Crippen molar-refractivity contribution < 1.29 is 18.9 Å². The largest absolute Gasteiger partial charge is 0.366 e. The molecular formula is C12H18O4. The predicted octanol–water partition coefficient (Wildman–Crippen LogP) is 1.23. The fourth-order valence-electron chi connectivity index (χ4n) is 3.97. The lowest BCUT2D eigenvalue weighted by molar-refractivity contribution is -0.323. The number of rotatable bonds is 0. The third-order valence-electron chi connectivity index (χ3n) is 4.94. The zero-order valence-corrected chi connectivity index (χ0v) is 9.88. The van der Waals surface area contributed by atoms with Gasteiger partial charge in [0.2, 0.25) is 5.79 Å². The molecule has 4 heteroatoms. The Balaban J connectivity index is 1.82. The summed E-state index contributed by atoms with van der Waals surface area (Å²) in [6.45, 7) is 6.42. The van der Waals surface area contributed by atoms with Gasteiger partial charge in [-0.2, -0.15) is 0 Å². The summed E-state index contributed by atoms with van der Waals surface area (Å²) in [5, 5.41) is 0. The van der Waals surface area contributed by atoms with Gasteiger partial charge in [0.15, 0.2) is 5.60 Å². The van der Waals surface area contributed by atoms with E-state index in [2.05, 4.69) is 13.8 Å². The number of epoxide rings is 1. The molecule has 0 aromatic heterocycles. The maximum atomic E-state index is 6.31. The van der Waals surface area contributed by atoms with Crippen LogP contribution in [0.1, 0.15) is 33.1 Å². The van der Waals surface area contributed by atoms with Crippen LogP contribution in [0.15, 0.2) is 0 Å². The molecule has 0 amide bonds. The van der Waals surface area contributed by atoms with Gasteiger partial charge in [0.25, 0.3) is 0 Å². The van der Waals surface area contributed by atoms with Gasteiger partial charge in [-0.15, -0.1) is 0 Å². The zero-order valence-electron chi connectivity index (χ0n) is 9.88. The van der Waals surface area contributed by atoms with E-state index in [0.29, 0.717) is 13.2 Å². The van der Waals surface area contributed by atoms with Crippen LogP contribution in [0.2, 0.25) is 0 Å². The molecule has 2 bridgehead atoms. The highest BCUT2D eigenvalue weighted by Gasteiger charge is 2.79. The molecule has 0 saturated carbocycles. The van der Waals surface area contributed by atoms with Crippen LogP contribution in [0.25, 0.3) is 0 Å². The molecule has 0 aliphatic carbocycles. The van der Waals surface area contributed by atoms with Gasteiger partial charge in [-0.25, -0.2) is 0 Å². The molecule has 4 aliphatic heterocycles. The quantitative estimate of drug-likeness (QED) is 0.582. The lowest BCUT2D eigenvalue weighted by Crippen LogP contribution is -2.62. The maximum Gasteiger partial charge on any atom is 0.200 e. The van der Waals surface area contributed by atoms with Crippen molar-refractivity contribution in [3.63, 3.8) is 0 Å². The van der Waals surface area contributed by atoms with Crippen LogP contribution in [0.5, 0.6) is 0 Å². The molecule has 4 fully saturated rings. The number of fused-ring (bicyclic) bond motifs is 4. The van der Waals surface area contributed by atoms with E-state index in [1.807, 2.05) is 0 Å². The summed E-state index contributed by atoms with van der Waals surface area (Å²) in [7, 11) is 0. The van der Waals surface area contributed by atoms with E-state index in [1.165, 1.54) is 0 Å². The Morgan fingerprint density at radius 1 is 0.938 bits per heavy atom. The summed E-state index contributed by atoms with van der Waals surface area (Å²) < 4.78 is 23.9. The minimum absolute atomic E-state index is 0.0498. The molecule has 0 aromatic rings. The van der Waals surface area contributed by atoms with Gasteiger partial charge >= 0.3 is 0 Å². The van der Waals surface area contributed by atoms with Crippen LogP contribution in [-0.4, -0.2) is 42.4 Å². The third kappa shape index (κ3) is 0.883. The van der Waals surface area contributed by atoms with Crippen LogP contribution in [0.3, 0.4) is 0 Å². The van der Waals surface area contributed by atoms with Gasteiger partial charge in [-0.3, -0.25) is 0 Å². The maximum absolute atomic E-state index is 6.31. The van der Waals surface area contributed by atoms with Crippen LogP contribution in [0.4, 0.5) is 0 Å². The van der Waals surface area contributed by atoms with Gasteiger partial charge in [0.05, 0.1) is 25.4 Å². The molecule has 4 rings (SSSR count). The van der Waals surface area contributed by atoms with E-state index in [9.17, 15) is 0 Å². The molecule has 16 heavy (non-hydrogen) atoms. The SMILES string of the molecule is C[C@@]12CCC3(OCCO3)[C@@](C)(O1)[C@]1(CO1)C2. The monoisotopic (exact) mass is 226 g/mol. The van der Waals surface area contributed by atoms with E-state index in [-0.39, 0.29) is 11.2 Å². The zero-order chi connectivity index (χ0) is 11.1. The molecule has 0 aromatic carbocycles. The summed E-state index contributed by atoms with van der Waals surface area (Å²) in [6, 6.07) is 0. The minimum atomic E-state index is -0.556. The second-order valence-corrected chi connectivity index (χ2v) is 5.99. The second-order valence-electron chi connectivity index (χ2n) is 5.99. The topological polar surface area (TPSA) is 40.2 Å². The first-order chi connectivity index (χ1) is 7.54. The molecule has 90 valence electrons. The van der Waals surface area contributed by atoms with Crippen molar-refractivity contribution in [2.75, 3.05) is 19.8 Å². The summed E-state index contributed by atoms with van der Waals surface area (Å²) in [6.07, 6.45) is 2.89. The summed E-state index contributed by atoms with van der Waals surface area (Å²) in [5.74, 6) is -0.556. The van der Waals surface area contributed by atoms with E-state index in [1.54, 1.807) is 0 Å². The molecule has 0 N–H and O–H groups in total. The standard InChI is InChI=1S/C12H18O4/c1-9-3-4-12(13-5-6-14-12)10(2,16-9)11(7-9)8-15-11/h3-8H2,1-2H3/t9-,10-,11+/m0/s1. The van der Waals surface area contributed by atoms with E-state index >= 15 is 0 Å². The highest BCUT2D eigenvalue weighted by molar-refractivity contribution is 5.25. The van der Waals surface area contributed by atoms with Crippen molar-refractivity contribution in [1.29, 1.82) is 0 Å². The van der Waals surface area contributed by atoms with Crippen molar-refractivity contribution in [3.8, 4) is 0 Å². The summed E-state index contributed by atoms with van der Waals surface area (Å²) in [4.78, 5) is 0. The Kier molecular flexibility index (Phi) is 1.52. The first kappa shape index (κ1) is 9.83. The summed E-state index contributed by atoms with van der Waals surface area (Å²) >= 11 is 0. The first-order valence-corrected chi connectivity index (χ1v) is 6.15. The second kappa shape index (κ2) is 2.48. The third-order valence-corrected chi connectivity index (χ3v) is 4.94. The number of hydrogen-bond donors (Lipinski definition) is 0. The molecule has 4 saturated heterocycles. The lowest BCUT2D eigenvalue weighted by atomic mass is 9.81. The van der Waals surface area contributed by atoms with E-state index < -0.39 is 11.4 Å². The minimum Gasteiger partial charge on any atom is -0.366 e. The Labute approximate surface area is 95.2 Å².